The fraction of sp³-hybridized carbons (Fsp3) is 0.889. The van der Waals surface area contributed by atoms with Gasteiger partial charge in [0.05, 0.1) is 6.61 Å². The van der Waals surface area contributed by atoms with Crippen LogP contribution >= 0.6 is 22.6 Å². The molecule has 4 nitrogen and oxygen atoms in total. The molecule has 1 rings (SSSR count). The lowest BCUT2D eigenvalue weighted by Gasteiger charge is -2.22. The van der Waals surface area contributed by atoms with E-state index in [9.17, 15) is 9.90 Å². The molecule has 1 N–H and O–H groups in total. The maximum Gasteiger partial charge on any atom is 0.322 e. The third kappa shape index (κ3) is 2.80. The Balaban J connectivity index is 2.48. The minimum Gasteiger partial charge on any atom is -0.456 e. The minimum absolute atomic E-state index is 0.282. The first kappa shape index (κ1) is 12.2. The van der Waals surface area contributed by atoms with Crippen LogP contribution in [0.2, 0.25) is 0 Å². The minimum atomic E-state index is -0.956. The molecule has 1 aliphatic rings. The van der Waals surface area contributed by atoms with Gasteiger partial charge in [-0.2, -0.15) is 0 Å². The molecule has 0 aromatic carbocycles. The van der Waals surface area contributed by atoms with Crippen LogP contribution in [0.1, 0.15) is 26.7 Å². The van der Waals surface area contributed by atoms with Gasteiger partial charge in [0.1, 0.15) is 3.42 Å². The highest BCUT2D eigenvalue weighted by molar-refractivity contribution is 14.1. The molecule has 14 heavy (non-hydrogen) atoms. The Morgan fingerprint density at radius 2 is 2.43 bits per heavy atom. The van der Waals surface area contributed by atoms with E-state index in [0.29, 0.717) is 19.4 Å². The summed E-state index contributed by atoms with van der Waals surface area (Å²) in [6.07, 6.45) is -0.175. The summed E-state index contributed by atoms with van der Waals surface area (Å²) in [5.41, 5.74) is 0. The van der Waals surface area contributed by atoms with Crippen LogP contribution in [0.25, 0.3) is 0 Å². The summed E-state index contributed by atoms with van der Waals surface area (Å²) in [6.45, 7) is 4.19. The Kier molecular flexibility index (Phi) is 4.15. The van der Waals surface area contributed by atoms with Crippen LogP contribution in [0.4, 0.5) is 0 Å². The van der Waals surface area contributed by atoms with E-state index < -0.39 is 15.8 Å². The Morgan fingerprint density at radius 3 is 2.86 bits per heavy atom. The van der Waals surface area contributed by atoms with E-state index in [1.165, 1.54) is 0 Å². The van der Waals surface area contributed by atoms with Crippen LogP contribution in [-0.2, 0) is 14.3 Å². The van der Waals surface area contributed by atoms with Gasteiger partial charge in [0, 0.05) is 6.42 Å². The molecule has 3 atom stereocenters. The summed E-state index contributed by atoms with van der Waals surface area (Å²) < 4.78 is 9.53. The predicted molar refractivity (Wildman–Crippen MR) is 59.2 cm³/mol. The fourth-order valence-electron chi connectivity index (χ4n) is 1.08. The zero-order valence-electron chi connectivity index (χ0n) is 8.33. The summed E-state index contributed by atoms with van der Waals surface area (Å²) in [4.78, 5) is 11.6. The molecule has 0 bridgehead atoms. The zero-order valence-corrected chi connectivity index (χ0v) is 10.5. The van der Waals surface area contributed by atoms with Crippen molar-refractivity contribution >= 4 is 28.6 Å². The number of rotatable bonds is 3. The van der Waals surface area contributed by atoms with Crippen molar-refractivity contribution in [3.8, 4) is 0 Å². The van der Waals surface area contributed by atoms with Gasteiger partial charge in [-0.05, 0) is 13.3 Å². The Bertz CT molecular complexity index is 217. The summed E-state index contributed by atoms with van der Waals surface area (Å²) >= 11 is 2.06. The highest BCUT2D eigenvalue weighted by atomic mass is 127. The van der Waals surface area contributed by atoms with Crippen molar-refractivity contribution in [2.24, 2.45) is 0 Å². The van der Waals surface area contributed by atoms with Crippen molar-refractivity contribution in [1.82, 2.24) is 0 Å². The number of carbonyl (C=O) groups is 1. The van der Waals surface area contributed by atoms with Crippen LogP contribution in [0.3, 0.4) is 0 Å². The lowest BCUT2D eigenvalue weighted by atomic mass is 10.1. The Labute approximate surface area is 97.1 Å². The van der Waals surface area contributed by atoms with Crippen molar-refractivity contribution in [3.05, 3.63) is 0 Å². The van der Waals surface area contributed by atoms with E-state index in [-0.39, 0.29) is 5.97 Å². The summed E-state index contributed by atoms with van der Waals surface area (Å²) in [6, 6.07) is 0. The van der Waals surface area contributed by atoms with Gasteiger partial charge in [-0.3, -0.25) is 4.79 Å². The molecule has 1 fully saturated rings. The molecule has 1 saturated heterocycles. The first-order valence-electron chi connectivity index (χ1n) is 4.67. The third-order valence-electron chi connectivity index (χ3n) is 2.36. The van der Waals surface area contributed by atoms with Crippen LogP contribution < -0.4 is 0 Å². The molecule has 3 unspecified atom stereocenters. The van der Waals surface area contributed by atoms with Gasteiger partial charge >= 0.3 is 5.97 Å². The SMILES string of the molecule is CCC(C)(I)C(=O)OC1CCOC1O. The van der Waals surface area contributed by atoms with Crippen LogP contribution in [0.5, 0.6) is 0 Å². The molecule has 0 aromatic rings. The Morgan fingerprint density at radius 1 is 1.79 bits per heavy atom. The topological polar surface area (TPSA) is 55.8 Å². The van der Waals surface area contributed by atoms with E-state index in [0.717, 1.165) is 0 Å². The summed E-state index contributed by atoms with van der Waals surface area (Å²) in [7, 11) is 0. The lowest BCUT2D eigenvalue weighted by Crippen LogP contribution is -2.36. The first-order chi connectivity index (χ1) is 6.47. The largest absolute Gasteiger partial charge is 0.456 e. The van der Waals surface area contributed by atoms with E-state index >= 15 is 0 Å². The smallest absolute Gasteiger partial charge is 0.322 e. The number of aliphatic hydroxyl groups excluding tert-OH is 1. The van der Waals surface area contributed by atoms with Crippen LogP contribution in [0, 0.1) is 0 Å². The second-order valence-corrected chi connectivity index (χ2v) is 5.93. The van der Waals surface area contributed by atoms with Gasteiger partial charge in [0.15, 0.2) is 12.4 Å². The molecule has 1 aliphatic heterocycles. The number of carbonyl (C=O) groups excluding carboxylic acids is 1. The molecule has 1 heterocycles. The van der Waals surface area contributed by atoms with Gasteiger partial charge in [0.2, 0.25) is 0 Å². The third-order valence-corrected chi connectivity index (χ3v) is 3.56. The quantitative estimate of drug-likeness (QED) is 0.484. The fourth-order valence-corrected chi connectivity index (χ4v) is 1.20. The molecule has 0 spiro atoms. The summed E-state index contributed by atoms with van der Waals surface area (Å²) in [5, 5.41) is 9.27. The van der Waals surface area contributed by atoms with E-state index in [1.807, 2.05) is 13.8 Å². The number of aliphatic hydroxyl groups is 1. The molecular weight excluding hydrogens is 299 g/mol. The maximum absolute atomic E-state index is 11.6. The van der Waals surface area contributed by atoms with E-state index in [1.54, 1.807) is 0 Å². The molecule has 82 valence electrons. The number of alkyl halides is 1. The van der Waals surface area contributed by atoms with Crippen molar-refractivity contribution in [2.75, 3.05) is 6.61 Å². The van der Waals surface area contributed by atoms with Crippen molar-refractivity contribution < 1.29 is 19.4 Å². The van der Waals surface area contributed by atoms with E-state index in [4.69, 9.17) is 9.47 Å². The van der Waals surface area contributed by atoms with Gasteiger partial charge in [0.25, 0.3) is 0 Å². The highest BCUT2D eigenvalue weighted by Gasteiger charge is 2.36. The van der Waals surface area contributed by atoms with Crippen molar-refractivity contribution in [3.63, 3.8) is 0 Å². The molecule has 5 heteroatoms. The summed E-state index contributed by atoms with van der Waals surface area (Å²) in [5.74, 6) is -0.282. The number of halogens is 1. The molecule has 0 saturated carbocycles. The average molecular weight is 314 g/mol. The molecular formula is C9H15IO4. The van der Waals surface area contributed by atoms with E-state index in [2.05, 4.69) is 22.6 Å². The normalized spacial score (nSPS) is 31.1. The van der Waals surface area contributed by atoms with Gasteiger partial charge in [-0.15, -0.1) is 0 Å². The molecule has 0 aliphatic carbocycles. The van der Waals surface area contributed by atoms with Gasteiger partial charge in [-0.1, -0.05) is 29.5 Å². The second-order valence-electron chi connectivity index (χ2n) is 3.54. The predicted octanol–water partition coefficient (Wildman–Crippen LogP) is 1.24. The van der Waals surface area contributed by atoms with Crippen molar-refractivity contribution in [2.45, 2.75) is 42.5 Å². The number of esters is 1. The molecule has 0 aromatic heterocycles. The van der Waals surface area contributed by atoms with Crippen LogP contribution in [-0.4, -0.2) is 33.5 Å². The first-order valence-corrected chi connectivity index (χ1v) is 5.75. The average Bonchev–Trinajstić information content (AvgIpc) is 2.52. The highest BCUT2D eigenvalue weighted by Crippen LogP contribution is 2.26. The lowest BCUT2D eigenvalue weighted by molar-refractivity contribution is -0.168. The van der Waals surface area contributed by atoms with Gasteiger partial charge < -0.3 is 14.6 Å². The van der Waals surface area contributed by atoms with Crippen LogP contribution in [0.15, 0.2) is 0 Å². The maximum atomic E-state index is 11.6. The number of ether oxygens (including phenoxy) is 2. The number of hydrogen-bond acceptors (Lipinski definition) is 4. The standard InChI is InChI=1S/C9H15IO4/c1-3-9(2,10)8(12)14-6-4-5-13-7(6)11/h6-7,11H,3-5H2,1-2H3. The molecule has 0 radical (unpaired) electrons. The number of hydrogen-bond donors (Lipinski definition) is 1. The van der Waals surface area contributed by atoms with Gasteiger partial charge in [-0.25, -0.2) is 0 Å². The Hall–Kier alpha value is 0.120. The van der Waals surface area contributed by atoms with Crippen molar-refractivity contribution in [1.29, 1.82) is 0 Å². The zero-order chi connectivity index (χ0) is 10.8. The monoisotopic (exact) mass is 314 g/mol. The second kappa shape index (κ2) is 4.76. The molecule has 0 amide bonds.